The fourth-order valence-electron chi connectivity index (χ4n) is 3.56. The lowest BCUT2D eigenvalue weighted by atomic mass is 10.1. The van der Waals surface area contributed by atoms with E-state index < -0.39 is 4.92 Å². The van der Waals surface area contributed by atoms with E-state index in [2.05, 4.69) is 15.1 Å². The van der Waals surface area contributed by atoms with Crippen molar-refractivity contribution in [2.24, 2.45) is 0 Å². The van der Waals surface area contributed by atoms with Gasteiger partial charge >= 0.3 is 5.69 Å². The molecular weight excluding hydrogens is 496 g/mol. The van der Waals surface area contributed by atoms with E-state index in [4.69, 9.17) is 25.6 Å². The van der Waals surface area contributed by atoms with Crippen molar-refractivity contribution in [2.45, 2.75) is 13.2 Å². The number of nitrogens with zero attached hydrogens (tertiary/aromatic N) is 4. The minimum atomic E-state index is -0.529. The van der Waals surface area contributed by atoms with Gasteiger partial charge in [-0.25, -0.2) is 4.98 Å². The van der Waals surface area contributed by atoms with Crippen LogP contribution in [0.3, 0.4) is 0 Å². The maximum absolute atomic E-state index is 12.1. The number of aromatic nitrogens is 3. The van der Waals surface area contributed by atoms with Crippen LogP contribution in [0.5, 0.6) is 11.5 Å². The van der Waals surface area contributed by atoms with Gasteiger partial charge in [0.15, 0.2) is 5.75 Å². The quantitative estimate of drug-likeness (QED) is 0.124. The van der Waals surface area contributed by atoms with Crippen LogP contribution in [-0.4, -0.2) is 20.0 Å². The summed E-state index contributed by atoms with van der Waals surface area (Å²) in [7, 11) is 0. The van der Waals surface area contributed by atoms with Gasteiger partial charge in [-0.2, -0.15) is 4.98 Å². The Balaban J connectivity index is 1.53. The van der Waals surface area contributed by atoms with Crippen molar-refractivity contribution >= 4 is 17.3 Å². The molecule has 0 atom stereocenters. The Kier molecular flexibility index (Phi) is 7.05. The van der Waals surface area contributed by atoms with Crippen LogP contribution in [0.2, 0.25) is 5.15 Å². The van der Waals surface area contributed by atoms with Gasteiger partial charge in [0.1, 0.15) is 18.4 Å². The minimum Gasteiger partial charge on any atom is -0.485 e. The number of benzene rings is 3. The summed E-state index contributed by atoms with van der Waals surface area (Å²) in [6.07, 6.45) is 1.52. The second kappa shape index (κ2) is 10.9. The standard InChI is InChI=1S/C27H19ClN4O5/c28-24-15-20(11-12-29-24)26-30-27(37-31-26)21-13-22(32(33)34)25(36-17-19-9-5-2-6-10-19)23(14-21)35-16-18-7-3-1-4-8-18/h1-15H,16-17H2. The van der Waals surface area contributed by atoms with E-state index in [-0.39, 0.29) is 47.3 Å². The van der Waals surface area contributed by atoms with Crippen LogP contribution in [0, 0.1) is 10.1 Å². The second-order valence-electron chi connectivity index (χ2n) is 7.92. The summed E-state index contributed by atoms with van der Waals surface area (Å²) in [5.41, 5.74) is 2.35. The molecule has 0 radical (unpaired) electrons. The molecule has 0 saturated heterocycles. The Bertz CT molecular complexity index is 1530. The highest BCUT2D eigenvalue weighted by Crippen LogP contribution is 2.42. The third kappa shape index (κ3) is 5.74. The molecule has 10 heteroatoms. The van der Waals surface area contributed by atoms with E-state index in [0.29, 0.717) is 11.1 Å². The fourth-order valence-corrected chi connectivity index (χ4v) is 3.74. The van der Waals surface area contributed by atoms with Crippen molar-refractivity contribution in [3.8, 4) is 34.3 Å². The van der Waals surface area contributed by atoms with Gasteiger partial charge in [0.25, 0.3) is 5.89 Å². The lowest BCUT2D eigenvalue weighted by Gasteiger charge is -2.14. The summed E-state index contributed by atoms with van der Waals surface area (Å²) < 4.78 is 17.4. The van der Waals surface area contributed by atoms with E-state index in [1.807, 2.05) is 60.7 Å². The summed E-state index contributed by atoms with van der Waals surface area (Å²) in [4.78, 5) is 19.9. The highest BCUT2D eigenvalue weighted by molar-refractivity contribution is 6.29. The summed E-state index contributed by atoms with van der Waals surface area (Å²) in [6.45, 7) is 0.296. The van der Waals surface area contributed by atoms with Gasteiger partial charge in [-0.15, -0.1) is 0 Å². The molecule has 3 aromatic carbocycles. The van der Waals surface area contributed by atoms with Gasteiger partial charge in [0, 0.05) is 17.8 Å². The molecule has 37 heavy (non-hydrogen) atoms. The average molecular weight is 515 g/mol. The van der Waals surface area contributed by atoms with Crippen molar-refractivity contribution < 1.29 is 18.9 Å². The molecule has 0 aliphatic rings. The van der Waals surface area contributed by atoms with Gasteiger partial charge in [0.05, 0.1) is 10.5 Å². The molecule has 5 aromatic rings. The second-order valence-corrected chi connectivity index (χ2v) is 8.31. The maximum atomic E-state index is 12.1. The molecule has 0 N–H and O–H groups in total. The molecule has 0 aliphatic carbocycles. The molecule has 9 nitrogen and oxygen atoms in total. The van der Waals surface area contributed by atoms with E-state index in [1.54, 1.807) is 18.2 Å². The Morgan fingerprint density at radius 1 is 0.865 bits per heavy atom. The number of rotatable bonds is 9. The molecule has 5 rings (SSSR count). The van der Waals surface area contributed by atoms with Gasteiger partial charge in [0.2, 0.25) is 11.6 Å². The number of halogens is 1. The zero-order valence-electron chi connectivity index (χ0n) is 19.3. The van der Waals surface area contributed by atoms with Crippen LogP contribution < -0.4 is 9.47 Å². The molecule has 0 unspecified atom stereocenters. The van der Waals surface area contributed by atoms with Crippen LogP contribution in [0.4, 0.5) is 5.69 Å². The van der Waals surface area contributed by atoms with Crippen LogP contribution in [0.25, 0.3) is 22.8 Å². The maximum Gasteiger partial charge on any atom is 0.315 e. The zero-order chi connectivity index (χ0) is 25.6. The van der Waals surface area contributed by atoms with E-state index >= 15 is 0 Å². The molecule has 0 saturated carbocycles. The van der Waals surface area contributed by atoms with Gasteiger partial charge in [-0.3, -0.25) is 10.1 Å². The largest absolute Gasteiger partial charge is 0.485 e. The van der Waals surface area contributed by atoms with Gasteiger partial charge in [-0.05, 0) is 29.3 Å². The Hall–Kier alpha value is -4.76. The first-order chi connectivity index (χ1) is 18.1. The van der Waals surface area contributed by atoms with Crippen molar-refractivity contribution in [3.05, 3.63) is 118 Å². The van der Waals surface area contributed by atoms with Gasteiger partial charge in [-0.1, -0.05) is 77.4 Å². The molecule has 2 heterocycles. The van der Waals surface area contributed by atoms with Gasteiger partial charge < -0.3 is 14.0 Å². The van der Waals surface area contributed by atoms with E-state index in [0.717, 1.165) is 11.1 Å². The Morgan fingerprint density at radius 2 is 1.54 bits per heavy atom. The highest BCUT2D eigenvalue weighted by atomic mass is 35.5. The number of hydrogen-bond acceptors (Lipinski definition) is 8. The third-order valence-electron chi connectivity index (χ3n) is 5.35. The van der Waals surface area contributed by atoms with Crippen LogP contribution in [-0.2, 0) is 13.2 Å². The Morgan fingerprint density at radius 3 is 2.19 bits per heavy atom. The summed E-state index contributed by atoms with van der Waals surface area (Å²) in [6, 6.07) is 25.0. The minimum absolute atomic E-state index is 0.00851. The SMILES string of the molecule is O=[N+]([O-])c1cc(-c2nc(-c3ccnc(Cl)c3)no2)cc(OCc2ccccc2)c1OCc1ccccc1. The predicted molar refractivity (Wildman–Crippen MR) is 136 cm³/mol. The molecule has 0 aliphatic heterocycles. The van der Waals surface area contributed by atoms with Crippen molar-refractivity contribution in [1.29, 1.82) is 0 Å². The van der Waals surface area contributed by atoms with Crippen molar-refractivity contribution in [1.82, 2.24) is 15.1 Å². The molecule has 0 fully saturated rings. The Labute approximate surface area is 216 Å². The third-order valence-corrected chi connectivity index (χ3v) is 5.56. The number of ether oxygens (including phenoxy) is 2. The van der Waals surface area contributed by atoms with E-state index in [1.165, 1.54) is 12.3 Å². The summed E-state index contributed by atoms with van der Waals surface area (Å²) in [5.74, 6) is 0.521. The van der Waals surface area contributed by atoms with Crippen LogP contribution in [0.15, 0.2) is 95.6 Å². The molecule has 0 spiro atoms. The van der Waals surface area contributed by atoms with Crippen LogP contribution >= 0.6 is 11.6 Å². The predicted octanol–water partition coefficient (Wildman–Crippen LogP) is 6.52. The normalized spacial score (nSPS) is 10.7. The topological polar surface area (TPSA) is 113 Å². The lowest BCUT2D eigenvalue weighted by Crippen LogP contribution is -2.04. The van der Waals surface area contributed by atoms with Crippen LogP contribution in [0.1, 0.15) is 11.1 Å². The smallest absolute Gasteiger partial charge is 0.315 e. The zero-order valence-corrected chi connectivity index (χ0v) is 20.0. The van der Waals surface area contributed by atoms with Crippen molar-refractivity contribution in [3.63, 3.8) is 0 Å². The molecule has 0 amide bonds. The lowest BCUT2D eigenvalue weighted by molar-refractivity contribution is -0.386. The number of hydrogen-bond donors (Lipinski definition) is 0. The first-order valence-corrected chi connectivity index (χ1v) is 11.6. The first-order valence-electron chi connectivity index (χ1n) is 11.2. The van der Waals surface area contributed by atoms with E-state index in [9.17, 15) is 10.1 Å². The fraction of sp³-hybridized carbons (Fsp3) is 0.0741. The van der Waals surface area contributed by atoms with Crippen molar-refractivity contribution in [2.75, 3.05) is 0 Å². The number of pyridine rings is 1. The summed E-state index contributed by atoms with van der Waals surface area (Å²) in [5, 5.41) is 16.3. The first kappa shape index (κ1) is 24.0. The summed E-state index contributed by atoms with van der Waals surface area (Å²) >= 11 is 5.97. The average Bonchev–Trinajstić information content (AvgIpc) is 3.42. The molecule has 0 bridgehead atoms. The number of nitro groups is 1. The monoisotopic (exact) mass is 514 g/mol. The molecule has 2 aromatic heterocycles. The number of nitro benzene ring substituents is 1. The highest BCUT2D eigenvalue weighted by Gasteiger charge is 2.26. The molecular formula is C27H19ClN4O5. The molecule has 184 valence electrons.